The Morgan fingerprint density at radius 3 is 2.56 bits per heavy atom. The van der Waals surface area contributed by atoms with Crippen LogP contribution < -0.4 is 4.74 Å². The summed E-state index contributed by atoms with van der Waals surface area (Å²) in [7, 11) is 1.57. The molecule has 126 valence electrons. The monoisotopic (exact) mass is 338 g/mol. The number of cyclic esters (lactones) is 1. The Kier molecular flexibility index (Phi) is 4.30. The van der Waals surface area contributed by atoms with E-state index < -0.39 is 10.9 Å². The molecule has 0 saturated carbocycles. The first kappa shape index (κ1) is 16.4. The molecular weight excluding hydrogens is 324 g/mol. The molecular formula is C18H14N2O5. The van der Waals surface area contributed by atoms with E-state index in [2.05, 4.69) is 4.99 Å². The molecule has 1 aliphatic rings. The van der Waals surface area contributed by atoms with Crippen molar-refractivity contribution in [2.24, 2.45) is 4.99 Å². The lowest BCUT2D eigenvalue weighted by Gasteiger charge is -2.04. The molecule has 1 heterocycles. The van der Waals surface area contributed by atoms with Crippen molar-refractivity contribution in [2.75, 3.05) is 7.11 Å². The van der Waals surface area contributed by atoms with Crippen LogP contribution in [0, 0.1) is 17.0 Å². The van der Waals surface area contributed by atoms with Crippen LogP contribution in [-0.2, 0) is 9.53 Å². The predicted molar refractivity (Wildman–Crippen MR) is 91.4 cm³/mol. The molecule has 7 heteroatoms. The maximum atomic E-state index is 12.1. The molecule has 0 aromatic heterocycles. The minimum absolute atomic E-state index is 0.0520. The van der Waals surface area contributed by atoms with Gasteiger partial charge in [0, 0.05) is 17.2 Å². The summed E-state index contributed by atoms with van der Waals surface area (Å²) in [6.45, 7) is 1.59. The molecule has 0 aliphatic carbocycles. The highest BCUT2D eigenvalue weighted by Crippen LogP contribution is 2.26. The molecule has 0 amide bonds. The average molecular weight is 338 g/mol. The zero-order chi connectivity index (χ0) is 18.0. The van der Waals surface area contributed by atoms with Crippen LogP contribution in [-0.4, -0.2) is 23.9 Å². The Morgan fingerprint density at radius 1 is 1.20 bits per heavy atom. The number of benzene rings is 2. The zero-order valence-corrected chi connectivity index (χ0v) is 13.6. The second-order valence-electron chi connectivity index (χ2n) is 5.32. The van der Waals surface area contributed by atoms with Gasteiger partial charge in [-0.3, -0.25) is 10.1 Å². The molecule has 2 aromatic rings. The number of esters is 1. The van der Waals surface area contributed by atoms with E-state index >= 15 is 0 Å². The second kappa shape index (κ2) is 6.56. The van der Waals surface area contributed by atoms with Crippen molar-refractivity contribution in [1.29, 1.82) is 0 Å². The van der Waals surface area contributed by atoms with E-state index in [1.54, 1.807) is 50.4 Å². The van der Waals surface area contributed by atoms with Gasteiger partial charge in [0.05, 0.1) is 12.0 Å². The summed E-state index contributed by atoms with van der Waals surface area (Å²) >= 11 is 0. The maximum Gasteiger partial charge on any atom is 0.363 e. The normalized spacial score (nSPS) is 15.0. The van der Waals surface area contributed by atoms with E-state index in [0.29, 0.717) is 16.9 Å². The third kappa shape index (κ3) is 3.25. The Hall–Kier alpha value is -3.48. The average Bonchev–Trinajstić information content (AvgIpc) is 2.96. The predicted octanol–water partition coefficient (Wildman–Crippen LogP) is 3.26. The molecule has 2 aromatic carbocycles. The molecule has 0 bridgehead atoms. The zero-order valence-electron chi connectivity index (χ0n) is 13.6. The molecule has 25 heavy (non-hydrogen) atoms. The topological polar surface area (TPSA) is 91.0 Å². The van der Waals surface area contributed by atoms with Gasteiger partial charge in [-0.15, -0.1) is 0 Å². The van der Waals surface area contributed by atoms with Crippen LogP contribution in [0.1, 0.15) is 16.7 Å². The smallest absolute Gasteiger partial charge is 0.363 e. The molecule has 7 nitrogen and oxygen atoms in total. The van der Waals surface area contributed by atoms with E-state index in [1.165, 1.54) is 12.1 Å². The van der Waals surface area contributed by atoms with Crippen molar-refractivity contribution in [1.82, 2.24) is 0 Å². The van der Waals surface area contributed by atoms with Gasteiger partial charge in [-0.05, 0) is 36.8 Å². The van der Waals surface area contributed by atoms with E-state index in [1.807, 2.05) is 0 Å². The number of carbonyl (C=O) groups excluding carboxylic acids is 1. The van der Waals surface area contributed by atoms with Crippen LogP contribution >= 0.6 is 0 Å². The molecule has 3 rings (SSSR count). The Morgan fingerprint density at radius 2 is 1.92 bits per heavy atom. The maximum absolute atomic E-state index is 12.1. The van der Waals surface area contributed by atoms with Gasteiger partial charge >= 0.3 is 5.97 Å². The Balaban J connectivity index is 1.96. The van der Waals surface area contributed by atoms with E-state index in [4.69, 9.17) is 9.47 Å². The lowest BCUT2D eigenvalue weighted by atomic mass is 10.1. The molecule has 0 spiro atoms. The number of rotatable bonds is 4. The molecule has 0 unspecified atom stereocenters. The molecule has 0 saturated heterocycles. The standard InChI is InChI=1S/C18H14N2O5/c1-11-14(4-3-5-16(11)20(22)23)17-19-15(18(21)25-17)10-12-6-8-13(24-2)9-7-12/h3-10H,1-2H3/b15-10-. The van der Waals surface area contributed by atoms with Crippen molar-refractivity contribution < 1.29 is 19.2 Å². The van der Waals surface area contributed by atoms with E-state index in [0.717, 1.165) is 5.56 Å². The summed E-state index contributed by atoms with van der Waals surface area (Å²) in [6.07, 6.45) is 1.58. The number of hydrogen-bond acceptors (Lipinski definition) is 6. The number of ether oxygens (including phenoxy) is 2. The van der Waals surface area contributed by atoms with Crippen molar-refractivity contribution >= 4 is 23.6 Å². The number of aliphatic imine (C=N–C) groups is 1. The number of nitro benzene ring substituents is 1. The van der Waals surface area contributed by atoms with Gasteiger partial charge < -0.3 is 9.47 Å². The largest absolute Gasteiger partial charge is 0.497 e. The van der Waals surface area contributed by atoms with Crippen molar-refractivity contribution in [2.45, 2.75) is 6.92 Å². The first-order valence-corrected chi connectivity index (χ1v) is 7.40. The van der Waals surface area contributed by atoms with Crippen molar-refractivity contribution in [3.05, 3.63) is 75.0 Å². The SMILES string of the molecule is COc1ccc(/C=C2\N=C(c3cccc([N+](=O)[O-])c3C)OC2=O)cc1. The highest BCUT2D eigenvalue weighted by Gasteiger charge is 2.27. The first-order valence-electron chi connectivity index (χ1n) is 7.40. The van der Waals surface area contributed by atoms with Crippen molar-refractivity contribution in [3.63, 3.8) is 0 Å². The van der Waals surface area contributed by atoms with Gasteiger partial charge in [-0.1, -0.05) is 18.2 Å². The fraction of sp³-hybridized carbons (Fsp3) is 0.111. The van der Waals surface area contributed by atoms with Crippen LogP contribution in [0.25, 0.3) is 6.08 Å². The fourth-order valence-electron chi connectivity index (χ4n) is 2.44. The molecule has 0 radical (unpaired) electrons. The van der Waals surface area contributed by atoms with Gasteiger partial charge in [-0.2, -0.15) is 0 Å². The van der Waals surface area contributed by atoms with Gasteiger partial charge in [0.1, 0.15) is 5.75 Å². The highest BCUT2D eigenvalue weighted by molar-refractivity contribution is 6.13. The van der Waals surface area contributed by atoms with Crippen LogP contribution in [0.3, 0.4) is 0 Å². The third-order valence-electron chi connectivity index (χ3n) is 3.77. The summed E-state index contributed by atoms with van der Waals surface area (Å²) in [5, 5.41) is 11.0. The van der Waals surface area contributed by atoms with Gasteiger partial charge in [0.2, 0.25) is 5.90 Å². The first-order chi connectivity index (χ1) is 12.0. The quantitative estimate of drug-likeness (QED) is 0.369. The lowest BCUT2D eigenvalue weighted by Crippen LogP contribution is -2.08. The lowest BCUT2D eigenvalue weighted by molar-refractivity contribution is -0.385. The summed E-state index contributed by atoms with van der Waals surface area (Å²) in [4.78, 5) is 26.8. The number of nitrogens with zero attached hydrogens (tertiary/aromatic N) is 2. The molecule has 0 N–H and O–H groups in total. The fourth-order valence-corrected chi connectivity index (χ4v) is 2.44. The van der Waals surface area contributed by atoms with Crippen molar-refractivity contribution in [3.8, 4) is 5.75 Å². The highest BCUT2D eigenvalue weighted by atomic mass is 16.6. The number of carbonyl (C=O) groups is 1. The van der Waals surface area contributed by atoms with Gasteiger partial charge in [0.25, 0.3) is 5.69 Å². The van der Waals surface area contributed by atoms with E-state index in [9.17, 15) is 14.9 Å². The van der Waals surface area contributed by atoms with Gasteiger partial charge in [0.15, 0.2) is 5.70 Å². The minimum Gasteiger partial charge on any atom is -0.497 e. The van der Waals surface area contributed by atoms with Crippen LogP contribution in [0.15, 0.2) is 53.2 Å². The van der Waals surface area contributed by atoms with Crippen LogP contribution in [0.5, 0.6) is 5.75 Å². The molecule has 0 atom stereocenters. The van der Waals surface area contributed by atoms with E-state index in [-0.39, 0.29) is 17.3 Å². The minimum atomic E-state index is -0.600. The number of methoxy groups -OCH3 is 1. The Bertz CT molecular complexity index is 914. The second-order valence-corrected chi connectivity index (χ2v) is 5.32. The third-order valence-corrected chi connectivity index (χ3v) is 3.77. The molecule has 1 aliphatic heterocycles. The van der Waals surface area contributed by atoms with Gasteiger partial charge in [-0.25, -0.2) is 9.79 Å². The summed E-state index contributed by atoms with van der Waals surface area (Å²) in [6, 6.07) is 11.7. The Labute approximate surface area is 143 Å². The summed E-state index contributed by atoms with van der Waals surface area (Å²) < 4.78 is 10.3. The van der Waals surface area contributed by atoms with Crippen LogP contribution in [0.4, 0.5) is 5.69 Å². The summed E-state index contributed by atoms with van der Waals surface area (Å²) in [5.74, 6) is 0.162. The number of hydrogen-bond donors (Lipinski definition) is 0. The number of nitro groups is 1. The molecule has 0 fully saturated rings. The summed E-state index contributed by atoms with van der Waals surface area (Å²) in [5.41, 5.74) is 1.65. The van der Waals surface area contributed by atoms with Crippen LogP contribution in [0.2, 0.25) is 0 Å².